The number of imidazole rings is 1. The average molecular weight is 290 g/mol. The fraction of sp³-hybridized carbons (Fsp3) is 0. The molecule has 7 heteroatoms. The number of anilines is 1. The highest BCUT2D eigenvalue weighted by Crippen LogP contribution is 2.25. The van der Waals surface area contributed by atoms with Gasteiger partial charge in [-0.3, -0.25) is 4.57 Å². The first-order valence-electron chi connectivity index (χ1n) is 5.96. The number of benzene rings is 1. The third-order valence-corrected chi connectivity index (χ3v) is 2.99. The number of nitrogen functional groups attached to an aromatic ring is 1. The molecule has 106 valence electrons. The van der Waals surface area contributed by atoms with Gasteiger partial charge in [0.15, 0.2) is 17.5 Å². The minimum Gasteiger partial charge on any atom is -0.384 e. The molecule has 0 aliphatic heterocycles. The van der Waals surface area contributed by atoms with Crippen LogP contribution in [0.15, 0.2) is 43.0 Å². The molecule has 0 spiro atoms. The van der Waals surface area contributed by atoms with Crippen LogP contribution in [0, 0.1) is 17.5 Å². The van der Waals surface area contributed by atoms with Gasteiger partial charge in [-0.2, -0.15) is 0 Å². The van der Waals surface area contributed by atoms with Gasteiger partial charge in [-0.05, 0) is 24.3 Å². The van der Waals surface area contributed by atoms with Crippen LogP contribution < -0.4 is 5.73 Å². The lowest BCUT2D eigenvalue weighted by atomic mass is 10.2. The summed E-state index contributed by atoms with van der Waals surface area (Å²) in [7, 11) is 0. The van der Waals surface area contributed by atoms with Gasteiger partial charge in [0.2, 0.25) is 0 Å². The first-order chi connectivity index (χ1) is 10.1. The van der Waals surface area contributed by atoms with E-state index in [0.29, 0.717) is 17.1 Å². The zero-order valence-corrected chi connectivity index (χ0v) is 10.6. The molecule has 0 saturated carbocycles. The lowest BCUT2D eigenvalue weighted by molar-refractivity contribution is 0.445. The molecule has 0 fully saturated rings. The maximum Gasteiger partial charge on any atom is 0.196 e. The van der Waals surface area contributed by atoms with Crippen LogP contribution >= 0.6 is 0 Å². The highest BCUT2D eigenvalue weighted by Gasteiger charge is 2.17. The lowest BCUT2D eigenvalue weighted by Crippen LogP contribution is -2.03. The molecule has 2 N–H and O–H groups in total. The van der Waals surface area contributed by atoms with Crippen molar-refractivity contribution < 1.29 is 13.2 Å². The van der Waals surface area contributed by atoms with E-state index in [1.54, 1.807) is 12.1 Å². The van der Waals surface area contributed by atoms with E-state index < -0.39 is 17.5 Å². The van der Waals surface area contributed by atoms with Crippen molar-refractivity contribution in [2.75, 3.05) is 5.73 Å². The van der Waals surface area contributed by atoms with Gasteiger partial charge in [0, 0.05) is 11.8 Å². The summed E-state index contributed by atoms with van der Waals surface area (Å²) in [5.74, 6) is -3.71. The molecule has 0 radical (unpaired) electrons. The Morgan fingerprint density at radius 2 is 1.76 bits per heavy atom. The molecule has 0 atom stereocenters. The average Bonchev–Trinajstić information content (AvgIpc) is 2.95. The van der Waals surface area contributed by atoms with Crippen LogP contribution in [0.3, 0.4) is 0 Å². The zero-order chi connectivity index (χ0) is 15.0. The molecule has 0 unspecified atom stereocenters. The van der Waals surface area contributed by atoms with Gasteiger partial charge >= 0.3 is 0 Å². The SMILES string of the molecule is Nc1ccc(-c2cncn2-c2ccc(F)c(F)c2F)cn1. The zero-order valence-electron chi connectivity index (χ0n) is 10.6. The minimum absolute atomic E-state index is 0.141. The Morgan fingerprint density at radius 3 is 2.48 bits per heavy atom. The number of aromatic nitrogens is 3. The second kappa shape index (κ2) is 4.93. The fourth-order valence-corrected chi connectivity index (χ4v) is 1.96. The summed E-state index contributed by atoms with van der Waals surface area (Å²) < 4.78 is 41.6. The van der Waals surface area contributed by atoms with Crippen molar-refractivity contribution in [1.29, 1.82) is 0 Å². The molecule has 21 heavy (non-hydrogen) atoms. The Balaban J connectivity index is 2.16. The molecular formula is C14H9F3N4. The summed E-state index contributed by atoms with van der Waals surface area (Å²) in [6.45, 7) is 0. The summed E-state index contributed by atoms with van der Waals surface area (Å²) in [5, 5.41) is 0. The predicted octanol–water partition coefficient (Wildman–Crippen LogP) is 2.93. The highest BCUT2D eigenvalue weighted by molar-refractivity contribution is 5.62. The molecule has 0 aliphatic carbocycles. The number of hydrogen-bond donors (Lipinski definition) is 1. The van der Waals surface area contributed by atoms with Crippen molar-refractivity contribution in [1.82, 2.24) is 14.5 Å². The number of nitrogens with two attached hydrogens (primary N) is 1. The van der Waals surface area contributed by atoms with E-state index >= 15 is 0 Å². The number of nitrogens with zero attached hydrogens (tertiary/aromatic N) is 3. The van der Waals surface area contributed by atoms with Crippen molar-refractivity contribution in [3.05, 3.63) is 60.4 Å². The molecular weight excluding hydrogens is 281 g/mol. The third-order valence-electron chi connectivity index (χ3n) is 2.99. The molecule has 3 rings (SSSR count). The standard InChI is InChI=1S/C14H9F3N4/c15-9-2-3-10(14(17)13(9)16)21-7-19-6-11(21)8-1-4-12(18)20-5-8/h1-7H,(H2,18,20). The van der Waals surface area contributed by atoms with Crippen molar-refractivity contribution in [3.8, 4) is 16.9 Å². The summed E-state index contributed by atoms with van der Waals surface area (Å²) in [6, 6.07) is 5.25. The smallest absolute Gasteiger partial charge is 0.196 e. The Hall–Kier alpha value is -2.83. The van der Waals surface area contributed by atoms with Crippen molar-refractivity contribution in [2.45, 2.75) is 0 Å². The van der Waals surface area contributed by atoms with E-state index in [-0.39, 0.29) is 5.69 Å². The molecule has 0 aliphatic rings. The predicted molar refractivity (Wildman–Crippen MR) is 71.1 cm³/mol. The molecule has 0 amide bonds. The Bertz CT molecular complexity index is 796. The number of halogens is 3. The van der Waals surface area contributed by atoms with Crippen molar-refractivity contribution >= 4 is 5.82 Å². The fourth-order valence-electron chi connectivity index (χ4n) is 1.96. The lowest BCUT2D eigenvalue weighted by Gasteiger charge is -2.10. The van der Waals surface area contributed by atoms with Crippen LogP contribution in [0.1, 0.15) is 0 Å². The minimum atomic E-state index is -1.53. The second-order valence-corrected chi connectivity index (χ2v) is 4.32. The van der Waals surface area contributed by atoms with Crippen LogP contribution in [-0.4, -0.2) is 14.5 Å². The highest BCUT2D eigenvalue weighted by atomic mass is 19.2. The summed E-state index contributed by atoms with van der Waals surface area (Å²) in [4.78, 5) is 7.84. The van der Waals surface area contributed by atoms with Gasteiger partial charge in [0.05, 0.1) is 23.9 Å². The molecule has 1 aromatic carbocycles. The van der Waals surface area contributed by atoms with Gasteiger partial charge in [0.1, 0.15) is 5.82 Å². The molecule has 3 aromatic rings. The van der Waals surface area contributed by atoms with Gasteiger partial charge in [-0.1, -0.05) is 0 Å². The molecule has 4 nitrogen and oxygen atoms in total. The summed E-state index contributed by atoms with van der Waals surface area (Å²) in [6.07, 6.45) is 4.26. The van der Waals surface area contributed by atoms with Crippen LogP contribution in [0.5, 0.6) is 0 Å². The largest absolute Gasteiger partial charge is 0.384 e. The van der Waals surface area contributed by atoms with Gasteiger partial charge in [0.25, 0.3) is 0 Å². The van der Waals surface area contributed by atoms with Crippen LogP contribution in [0.25, 0.3) is 16.9 Å². The normalized spacial score (nSPS) is 10.8. The Kier molecular flexibility index (Phi) is 3.09. The molecule has 2 aromatic heterocycles. The third kappa shape index (κ3) is 2.22. The van der Waals surface area contributed by atoms with E-state index in [0.717, 1.165) is 12.1 Å². The first kappa shape index (κ1) is 13.2. The van der Waals surface area contributed by atoms with Crippen LogP contribution in [0.2, 0.25) is 0 Å². The summed E-state index contributed by atoms with van der Waals surface area (Å²) in [5.41, 5.74) is 6.46. The van der Waals surface area contributed by atoms with Gasteiger partial charge in [-0.25, -0.2) is 23.1 Å². The maximum absolute atomic E-state index is 13.9. The molecule has 0 saturated heterocycles. The quantitative estimate of drug-likeness (QED) is 0.738. The van der Waals surface area contributed by atoms with Gasteiger partial charge in [-0.15, -0.1) is 0 Å². The van der Waals surface area contributed by atoms with Crippen LogP contribution in [-0.2, 0) is 0 Å². The van der Waals surface area contributed by atoms with Crippen molar-refractivity contribution in [3.63, 3.8) is 0 Å². The van der Waals surface area contributed by atoms with E-state index in [4.69, 9.17) is 5.73 Å². The van der Waals surface area contributed by atoms with Crippen LogP contribution in [0.4, 0.5) is 19.0 Å². The second-order valence-electron chi connectivity index (χ2n) is 4.32. The Morgan fingerprint density at radius 1 is 0.952 bits per heavy atom. The van der Waals surface area contributed by atoms with E-state index in [1.165, 1.54) is 23.3 Å². The Labute approximate surface area is 117 Å². The van der Waals surface area contributed by atoms with E-state index in [1.807, 2.05) is 0 Å². The number of rotatable bonds is 2. The first-order valence-corrected chi connectivity index (χ1v) is 5.96. The number of hydrogen-bond acceptors (Lipinski definition) is 3. The van der Waals surface area contributed by atoms with Gasteiger partial charge < -0.3 is 5.73 Å². The molecule has 2 heterocycles. The maximum atomic E-state index is 13.9. The topological polar surface area (TPSA) is 56.7 Å². The monoisotopic (exact) mass is 290 g/mol. The van der Waals surface area contributed by atoms with Crippen molar-refractivity contribution in [2.24, 2.45) is 0 Å². The number of pyridine rings is 1. The molecule has 0 bridgehead atoms. The summed E-state index contributed by atoms with van der Waals surface area (Å²) >= 11 is 0. The van der Waals surface area contributed by atoms with E-state index in [9.17, 15) is 13.2 Å². The van der Waals surface area contributed by atoms with E-state index in [2.05, 4.69) is 9.97 Å².